The van der Waals surface area contributed by atoms with Crippen LogP contribution < -0.4 is 15.4 Å². The molecule has 0 radical (unpaired) electrons. The first kappa shape index (κ1) is 21.2. The lowest BCUT2D eigenvalue weighted by molar-refractivity contribution is 0.0863. The zero-order valence-electron chi connectivity index (χ0n) is 16.5. The van der Waals surface area contributed by atoms with Gasteiger partial charge in [0.25, 0.3) is 11.8 Å². The molecule has 3 rings (SSSR count). The minimum Gasteiger partial charge on any atom is -0.484 e. The van der Waals surface area contributed by atoms with E-state index in [1.807, 2.05) is 19.1 Å². The van der Waals surface area contributed by atoms with Gasteiger partial charge in [-0.3, -0.25) is 9.59 Å². The van der Waals surface area contributed by atoms with Gasteiger partial charge in [-0.1, -0.05) is 23.7 Å². The van der Waals surface area contributed by atoms with Crippen LogP contribution in [-0.2, 0) is 0 Å². The van der Waals surface area contributed by atoms with E-state index in [0.29, 0.717) is 23.6 Å². The van der Waals surface area contributed by atoms with E-state index in [1.54, 1.807) is 18.2 Å². The molecule has 0 unspecified atom stereocenters. The van der Waals surface area contributed by atoms with Crippen molar-refractivity contribution in [3.8, 4) is 5.75 Å². The number of H-pyrrole nitrogens is 1. The number of aromatic nitrogens is 1. The number of hydrogen-bond donors (Lipinski definition) is 4. The molecule has 4 N–H and O–H groups in total. The van der Waals surface area contributed by atoms with Crippen molar-refractivity contribution >= 4 is 23.4 Å². The molecule has 0 bridgehead atoms. The maximum atomic E-state index is 12.7. The van der Waals surface area contributed by atoms with Crippen molar-refractivity contribution in [2.24, 2.45) is 0 Å². The molecule has 2 aromatic rings. The molecular weight excluding hydrogens is 394 g/mol. The predicted molar refractivity (Wildman–Crippen MR) is 110 cm³/mol. The van der Waals surface area contributed by atoms with Gasteiger partial charge in [0.05, 0.1) is 6.10 Å². The van der Waals surface area contributed by atoms with E-state index in [1.165, 1.54) is 7.05 Å². The number of carbonyl (C=O) groups excluding carboxylic acids is 2. The lowest BCUT2D eigenvalue weighted by Crippen LogP contribution is -2.38. The molecule has 0 saturated heterocycles. The molecule has 0 aliphatic heterocycles. The number of aliphatic hydroxyl groups excluding tert-OH is 1. The van der Waals surface area contributed by atoms with Gasteiger partial charge in [-0.25, -0.2) is 0 Å². The number of halogens is 1. The van der Waals surface area contributed by atoms with Crippen LogP contribution in [0, 0.1) is 0 Å². The van der Waals surface area contributed by atoms with Crippen LogP contribution in [0.5, 0.6) is 5.75 Å². The Hall–Kier alpha value is -2.51. The number of benzene rings is 1. The SMILES string of the molecule is CNC(=O)c1[nH]c(C(=O)NC2CCC(O)CC2)cc1O[C@H](C)c1ccc(Cl)cc1. The Bertz CT molecular complexity index is 857. The van der Waals surface area contributed by atoms with Gasteiger partial charge in [0.1, 0.15) is 17.5 Å². The third-order valence-electron chi connectivity index (χ3n) is 5.16. The van der Waals surface area contributed by atoms with Crippen LogP contribution in [-0.4, -0.2) is 41.1 Å². The Labute approximate surface area is 174 Å². The van der Waals surface area contributed by atoms with Crippen molar-refractivity contribution in [1.29, 1.82) is 0 Å². The average Bonchev–Trinajstić information content (AvgIpc) is 3.13. The predicted octanol–water partition coefficient (Wildman–Crippen LogP) is 3.20. The third-order valence-corrected chi connectivity index (χ3v) is 5.41. The highest BCUT2D eigenvalue weighted by atomic mass is 35.5. The van der Waals surface area contributed by atoms with Crippen LogP contribution >= 0.6 is 11.6 Å². The number of nitrogens with one attached hydrogen (secondary N) is 3. The Kier molecular flexibility index (Phi) is 6.82. The second kappa shape index (κ2) is 9.33. The summed E-state index contributed by atoms with van der Waals surface area (Å²) in [6.07, 6.45) is 2.17. The number of carbonyl (C=O) groups is 2. The number of aliphatic hydroxyl groups is 1. The molecular formula is C21H26ClN3O4. The van der Waals surface area contributed by atoms with Crippen LogP contribution in [0.15, 0.2) is 30.3 Å². The summed E-state index contributed by atoms with van der Waals surface area (Å²) in [6.45, 7) is 1.86. The lowest BCUT2D eigenvalue weighted by Gasteiger charge is -2.25. The van der Waals surface area contributed by atoms with E-state index >= 15 is 0 Å². The average molecular weight is 420 g/mol. The highest BCUT2D eigenvalue weighted by Crippen LogP contribution is 2.28. The first-order chi connectivity index (χ1) is 13.9. The fourth-order valence-electron chi connectivity index (χ4n) is 3.42. The molecule has 7 nitrogen and oxygen atoms in total. The molecule has 1 heterocycles. The highest BCUT2D eigenvalue weighted by Gasteiger charge is 2.25. The fourth-order valence-corrected chi connectivity index (χ4v) is 3.55. The summed E-state index contributed by atoms with van der Waals surface area (Å²) in [5.74, 6) is -0.371. The maximum absolute atomic E-state index is 12.7. The zero-order chi connectivity index (χ0) is 21.0. The summed E-state index contributed by atoms with van der Waals surface area (Å²) < 4.78 is 5.98. The van der Waals surface area contributed by atoms with Gasteiger partial charge in [0.2, 0.25) is 0 Å². The van der Waals surface area contributed by atoms with Gasteiger partial charge in [-0.2, -0.15) is 0 Å². The zero-order valence-corrected chi connectivity index (χ0v) is 17.3. The van der Waals surface area contributed by atoms with Gasteiger partial charge in [-0.05, 0) is 50.3 Å². The molecule has 1 fully saturated rings. The van der Waals surface area contributed by atoms with Crippen molar-refractivity contribution in [3.63, 3.8) is 0 Å². The van der Waals surface area contributed by atoms with Crippen molar-refractivity contribution in [2.75, 3.05) is 7.05 Å². The Balaban J connectivity index is 1.75. The molecule has 156 valence electrons. The monoisotopic (exact) mass is 419 g/mol. The van der Waals surface area contributed by atoms with Crippen molar-refractivity contribution in [3.05, 3.63) is 52.3 Å². The molecule has 1 aliphatic carbocycles. The number of ether oxygens (including phenoxy) is 1. The number of rotatable bonds is 6. The minimum absolute atomic E-state index is 0.00927. The minimum atomic E-state index is -0.372. The van der Waals surface area contributed by atoms with Crippen molar-refractivity contribution in [2.45, 2.75) is 50.9 Å². The Morgan fingerprint density at radius 2 is 1.83 bits per heavy atom. The summed E-state index contributed by atoms with van der Waals surface area (Å²) >= 11 is 5.93. The third kappa shape index (κ3) is 5.31. The number of hydrogen-bond acceptors (Lipinski definition) is 4. The van der Waals surface area contributed by atoms with Crippen molar-refractivity contribution < 1.29 is 19.4 Å². The van der Waals surface area contributed by atoms with Crippen LogP contribution in [0.4, 0.5) is 0 Å². The maximum Gasteiger partial charge on any atom is 0.271 e. The van der Waals surface area contributed by atoms with Crippen LogP contribution in [0.25, 0.3) is 0 Å². The summed E-state index contributed by atoms with van der Waals surface area (Å²) in [6, 6.07) is 8.80. The Morgan fingerprint density at radius 3 is 2.45 bits per heavy atom. The van der Waals surface area contributed by atoms with E-state index in [2.05, 4.69) is 15.6 Å². The highest BCUT2D eigenvalue weighted by molar-refractivity contribution is 6.30. The topological polar surface area (TPSA) is 103 Å². The molecule has 29 heavy (non-hydrogen) atoms. The second-order valence-corrected chi connectivity index (χ2v) is 7.73. The normalized spacial score (nSPS) is 20.0. The smallest absolute Gasteiger partial charge is 0.271 e. The molecule has 0 spiro atoms. The summed E-state index contributed by atoms with van der Waals surface area (Å²) in [5, 5.41) is 15.8. The summed E-state index contributed by atoms with van der Waals surface area (Å²) in [4.78, 5) is 27.8. The molecule has 2 amide bonds. The van der Waals surface area contributed by atoms with Crippen LogP contribution in [0.2, 0.25) is 5.02 Å². The largest absolute Gasteiger partial charge is 0.484 e. The number of aromatic amines is 1. The van der Waals surface area contributed by atoms with Gasteiger partial charge in [0, 0.05) is 24.2 Å². The molecule has 1 atom stereocenters. The molecule has 1 aromatic carbocycles. The van der Waals surface area contributed by atoms with E-state index < -0.39 is 0 Å². The van der Waals surface area contributed by atoms with E-state index in [0.717, 1.165) is 18.4 Å². The van der Waals surface area contributed by atoms with E-state index in [9.17, 15) is 14.7 Å². The molecule has 8 heteroatoms. The molecule has 1 saturated carbocycles. The fraction of sp³-hybridized carbons (Fsp3) is 0.429. The van der Waals surface area contributed by atoms with E-state index in [4.69, 9.17) is 16.3 Å². The van der Waals surface area contributed by atoms with Gasteiger partial charge < -0.3 is 25.5 Å². The van der Waals surface area contributed by atoms with Crippen LogP contribution in [0.1, 0.15) is 65.3 Å². The lowest BCUT2D eigenvalue weighted by atomic mass is 9.93. The summed E-state index contributed by atoms with van der Waals surface area (Å²) in [7, 11) is 1.52. The van der Waals surface area contributed by atoms with Gasteiger partial charge in [0.15, 0.2) is 5.75 Å². The van der Waals surface area contributed by atoms with Crippen LogP contribution in [0.3, 0.4) is 0 Å². The molecule has 1 aromatic heterocycles. The quantitative estimate of drug-likeness (QED) is 0.577. The van der Waals surface area contributed by atoms with Crippen molar-refractivity contribution in [1.82, 2.24) is 15.6 Å². The summed E-state index contributed by atoms with van der Waals surface area (Å²) in [5.41, 5.74) is 1.34. The standard InChI is InChI=1S/C21H26ClN3O4/c1-12(13-3-5-14(22)6-4-13)29-18-11-17(25-19(18)21(28)23-2)20(27)24-15-7-9-16(26)10-8-15/h3-6,11-12,15-16,25-26H,7-10H2,1-2H3,(H,23,28)(H,24,27)/t12-,15?,16?/m1/s1. The van der Waals surface area contributed by atoms with Gasteiger partial charge in [-0.15, -0.1) is 0 Å². The number of amides is 2. The first-order valence-corrected chi connectivity index (χ1v) is 10.1. The first-order valence-electron chi connectivity index (χ1n) is 9.73. The second-order valence-electron chi connectivity index (χ2n) is 7.29. The Morgan fingerprint density at radius 1 is 1.17 bits per heavy atom. The van der Waals surface area contributed by atoms with E-state index in [-0.39, 0.29) is 41.5 Å². The van der Waals surface area contributed by atoms with Gasteiger partial charge >= 0.3 is 0 Å². The molecule has 1 aliphatic rings.